The molecule has 0 radical (unpaired) electrons. The Morgan fingerprint density at radius 2 is 1.93 bits per heavy atom. The molecular formula is C29H36ClN7O3. The zero-order valence-electron chi connectivity index (χ0n) is 22.8. The Labute approximate surface area is 238 Å². The summed E-state index contributed by atoms with van der Waals surface area (Å²) in [5.41, 5.74) is 6.74. The number of rotatable bonds is 6. The van der Waals surface area contributed by atoms with Crippen LogP contribution in [0.2, 0.25) is 5.02 Å². The molecule has 1 unspecified atom stereocenters. The van der Waals surface area contributed by atoms with Crippen molar-refractivity contribution >= 4 is 34.7 Å². The van der Waals surface area contributed by atoms with Gasteiger partial charge in [0.25, 0.3) is 0 Å². The van der Waals surface area contributed by atoms with E-state index in [1.54, 1.807) is 12.4 Å². The van der Waals surface area contributed by atoms with Gasteiger partial charge in [-0.2, -0.15) is 0 Å². The molecule has 2 saturated heterocycles. The first-order valence-corrected chi connectivity index (χ1v) is 15.1. The molecule has 11 heteroatoms. The van der Waals surface area contributed by atoms with Crippen molar-refractivity contribution in [3.05, 3.63) is 35.2 Å². The maximum Gasteiger partial charge on any atom is 0.427 e. The van der Waals surface area contributed by atoms with E-state index in [1.807, 2.05) is 12.1 Å². The molecule has 3 aromatic rings. The molecule has 10 nitrogen and oxygen atoms in total. The number of fused-ring (bicyclic) bond motifs is 2. The van der Waals surface area contributed by atoms with Gasteiger partial charge in [-0.1, -0.05) is 37.8 Å². The Bertz CT molecular complexity index is 1410. The van der Waals surface area contributed by atoms with Crippen LogP contribution in [-0.4, -0.2) is 50.9 Å². The number of halogens is 1. The average Bonchev–Trinajstić information content (AvgIpc) is 3.71. The highest BCUT2D eigenvalue weighted by molar-refractivity contribution is 6.30. The molecule has 3 aromatic heterocycles. The van der Waals surface area contributed by atoms with Gasteiger partial charge >= 0.3 is 6.09 Å². The number of nitrogens with zero attached hydrogens (tertiary/aromatic N) is 5. The molecule has 212 valence electrons. The van der Waals surface area contributed by atoms with Gasteiger partial charge in [-0.25, -0.2) is 14.8 Å². The number of hydroxylamine groups is 1. The zero-order chi connectivity index (χ0) is 27.2. The van der Waals surface area contributed by atoms with E-state index >= 15 is 0 Å². The fourth-order valence-electron chi connectivity index (χ4n) is 7.12. The first kappa shape index (κ1) is 26.0. The van der Waals surface area contributed by atoms with Gasteiger partial charge in [0.05, 0.1) is 46.2 Å². The van der Waals surface area contributed by atoms with Crippen molar-refractivity contribution in [2.45, 2.75) is 83.1 Å². The molecule has 2 aliphatic carbocycles. The van der Waals surface area contributed by atoms with Crippen LogP contribution in [0, 0.1) is 11.8 Å². The number of anilines is 1. The van der Waals surface area contributed by atoms with Gasteiger partial charge in [0.2, 0.25) is 5.95 Å². The minimum Gasteiger partial charge on any atom is -0.374 e. The van der Waals surface area contributed by atoms with Crippen LogP contribution < -0.4 is 15.7 Å². The van der Waals surface area contributed by atoms with Crippen LogP contribution in [-0.2, 0) is 16.1 Å². The summed E-state index contributed by atoms with van der Waals surface area (Å²) >= 11 is 6.42. The Kier molecular flexibility index (Phi) is 7.01. The van der Waals surface area contributed by atoms with E-state index in [4.69, 9.17) is 31.1 Å². The average molecular weight is 566 g/mol. The Balaban J connectivity index is 1.39. The van der Waals surface area contributed by atoms with Crippen LogP contribution in [0.1, 0.15) is 70.2 Å². The van der Waals surface area contributed by atoms with Crippen molar-refractivity contribution in [2.75, 3.05) is 18.1 Å². The first-order valence-electron chi connectivity index (χ1n) is 14.7. The largest absolute Gasteiger partial charge is 0.427 e. The Hall–Kier alpha value is -2.95. The summed E-state index contributed by atoms with van der Waals surface area (Å²) in [4.78, 5) is 34.0. The SMILES string of the molecule is CCC1CCC(Cn2c(N3CCO[C@@H]4CCC[C@H]43)nc3cc(C4NOC(=O)N4)nc(-c4cncc(Cl)c4)c32)CC1. The molecule has 2 aliphatic heterocycles. The molecule has 3 atom stereocenters. The lowest BCUT2D eigenvalue weighted by Crippen LogP contribution is -2.49. The summed E-state index contributed by atoms with van der Waals surface area (Å²) in [5.74, 6) is 2.40. The summed E-state index contributed by atoms with van der Waals surface area (Å²) in [6.45, 7) is 4.72. The van der Waals surface area contributed by atoms with Gasteiger partial charge < -0.3 is 19.0 Å². The minimum atomic E-state index is -0.580. The van der Waals surface area contributed by atoms with Crippen molar-refractivity contribution in [2.24, 2.45) is 11.8 Å². The number of hydrogen-bond donors (Lipinski definition) is 2. The minimum absolute atomic E-state index is 0.252. The molecule has 7 rings (SSSR count). The molecule has 0 bridgehead atoms. The number of carbonyl (C=O) groups is 1. The van der Waals surface area contributed by atoms with Gasteiger partial charge in [-0.15, -0.1) is 5.48 Å². The second kappa shape index (κ2) is 10.8. The van der Waals surface area contributed by atoms with Crippen molar-refractivity contribution in [1.29, 1.82) is 0 Å². The Morgan fingerprint density at radius 3 is 2.70 bits per heavy atom. The van der Waals surface area contributed by atoms with Crippen molar-refractivity contribution < 1.29 is 14.4 Å². The zero-order valence-corrected chi connectivity index (χ0v) is 23.6. The van der Waals surface area contributed by atoms with Gasteiger partial charge in [0.1, 0.15) is 0 Å². The van der Waals surface area contributed by atoms with Crippen molar-refractivity contribution in [3.8, 4) is 11.3 Å². The predicted molar refractivity (Wildman–Crippen MR) is 152 cm³/mol. The highest BCUT2D eigenvalue weighted by Gasteiger charge is 2.39. The lowest BCUT2D eigenvalue weighted by atomic mass is 9.81. The number of hydrogen-bond acceptors (Lipinski definition) is 8. The fourth-order valence-corrected chi connectivity index (χ4v) is 7.30. The number of pyridine rings is 2. The molecule has 2 N–H and O–H groups in total. The van der Waals surface area contributed by atoms with Crippen LogP contribution in [0.25, 0.3) is 22.3 Å². The third-order valence-electron chi connectivity index (χ3n) is 9.25. The number of morpholine rings is 1. The summed E-state index contributed by atoms with van der Waals surface area (Å²) in [7, 11) is 0. The summed E-state index contributed by atoms with van der Waals surface area (Å²) < 4.78 is 8.58. The normalized spacial score (nSPS) is 28.5. The third kappa shape index (κ3) is 4.80. The van der Waals surface area contributed by atoms with Crippen molar-refractivity contribution in [3.63, 3.8) is 0 Å². The monoisotopic (exact) mass is 565 g/mol. The van der Waals surface area contributed by atoms with Crippen molar-refractivity contribution in [1.82, 2.24) is 30.3 Å². The third-order valence-corrected chi connectivity index (χ3v) is 9.46. The maximum atomic E-state index is 11.8. The first-order chi connectivity index (χ1) is 19.6. The van der Waals surface area contributed by atoms with Gasteiger partial charge in [-0.05, 0) is 56.1 Å². The van der Waals surface area contributed by atoms with Crippen LogP contribution in [0.3, 0.4) is 0 Å². The molecular weight excluding hydrogens is 530 g/mol. The molecule has 1 amide bonds. The van der Waals surface area contributed by atoms with E-state index in [-0.39, 0.29) is 6.10 Å². The van der Waals surface area contributed by atoms with Crippen LogP contribution in [0.5, 0.6) is 0 Å². The summed E-state index contributed by atoms with van der Waals surface area (Å²) in [6, 6.07) is 4.18. The predicted octanol–water partition coefficient (Wildman–Crippen LogP) is 5.36. The van der Waals surface area contributed by atoms with Crippen LogP contribution >= 0.6 is 11.6 Å². The summed E-state index contributed by atoms with van der Waals surface area (Å²) in [5, 5.41) is 3.32. The number of ether oxygens (including phenoxy) is 1. The Morgan fingerprint density at radius 1 is 1.07 bits per heavy atom. The molecule has 4 fully saturated rings. The van der Waals surface area contributed by atoms with Crippen LogP contribution in [0.4, 0.5) is 10.7 Å². The van der Waals surface area contributed by atoms with E-state index in [0.29, 0.717) is 29.3 Å². The van der Waals surface area contributed by atoms with E-state index in [1.165, 1.54) is 38.5 Å². The van der Waals surface area contributed by atoms with E-state index in [0.717, 1.165) is 60.1 Å². The number of carbonyl (C=O) groups excluding carboxylic acids is 1. The highest BCUT2D eigenvalue weighted by atomic mass is 35.5. The van der Waals surface area contributed by atoms with Gasteiger partial charge in [0.15, 0.2) is 6.17 Å². The second-order valence-corrected chi connectivity index (χ2v) is 12.1. The number of imidazole rings is 1. The fraction of sp³-hybridized carbons (Fsp3) is 0.586. The van der Waals surface area contributed by atoms with E-state index in [9.17, 15) is 4.79 Å². The molecule has 40 heavy (non-hydrogen) atoms. The molecule has 4 aliphatic rings. The topological polar surface area (TPSA) is 106 Å². The van der Waals surface area contributed by atoms with Gasteiger partial charge in [0, 0.05) is 31.0 Å². The molecule has 0 spiro atoms. The number of nitrogens with one attached hydrogen (secondary N) is 2. The van der Waals surface area contributed by atoms with E-state index in [2.05, 4.69) is 32.2 Å². The van der Waals surface area contributed by atoms with E-state index < -0.39 is 12.3 Å². The molecule has 2 saturated carbocycles. The number of amides is 1. The lowest BCUT2D eigenvalue weighted by Gasteiger charge is -2.39. The maximum absolute atomic E-state index is 11.8. The quantitative estimate of drug-likeness (QED) is 0.411. The standard InChI is InChI=1S/C29H36ClN7O3/c1-2-17-6-8-18(9-7-17)16-37-26-21(33-28(37)36-10-11-39-24-5-3-4-23(24)36)13-22(27-34-29(38)40-35-27)32-25(26)19-12-20(30)15-31-14-19/h12-15,17-18,23-24,27,35H,2-11,16H2,1H3,(H,34,38)/t17?,18?,23-,24-,27?/m1/s1. The summed E-state index contributed by atoms with van der Waals surface area (Å²) in [6.07, 6.45) is 12.2. The lowest BCUT2D eigenvalue weighted by molar-refractivity contribution is 0.0247. The molecule has 5 heterocycles. The second-order valence-electron chi connectivity index (χ2n) is 11.7. The van der Waals surface area contributed by atoms with Gasteiger partial charge in [-0.3, -0.25) is 10.3 Å². The number of aromatic nitrogens is 4. The highest BCUT2D eigenvalue weighted by Crippen LogP contribution is 2.40. The molecule has 0 aromatic carbocycles. The van der Waals surface area contributed by atoms with Crippen LogP contribution in [0.15, 0.2) is 24.5 Å². The smallest absolute Gasteiger partial charge is 0.374 e.